The number of benzene rings is 1. The Hall–Kier alpha value is -1.29. The molecule has 0 saturated carbocycles. The van der Waals surface area contributed by atoms with Gasteiger partial charge < -0.3 is 0 Å². The van der Waals surface area contributed by atoms with Crippen molar-refractivity contribution in [1.82, 2.24) is 0 Å². The monoisotopic (exact) mass is 225 g/mol. The maximum Gasteiger partial charge on any atom is 0.199 e. The molecule has 0 atom stereocenters. The van der Waals surface area contributed by atoms with Crippen LogP contribution in [0.25, 0.3) is 0 Å². The van der Waals surface area contributed by atoms with E-state index in [1.807, 2.05) is 0 Å². The molecule has 0 amide bonds. The van der Waals surface area contributed by atoms with Crippen LogP contribution >= 0.6 is 12.2 Å². The van der Waals surface area contributed by atoms with Gasteiger partial charge in [-0.3, -0.25) is 0 Å². The predicted octanol–water partition coefficient (Wildman–Crippen LogP) is 2.34. The SMILES string of the molecule is C=CS(=O)(=O)c1ccc(N=C=S)cc1. The van der Waals surface area contributed by atoms with Crippen LogP contribution < -0.4 is 0 Å². The number of rotatable bonds is 3. The van der Waals surface area contributed by atoms with E-state index in [0.717, 1.165) is 5.41 Å². The van der Waals surface area contributed by atoms with Crippen LogP contribution in [0.1, 0.15) is 0 Å². The Labute approximate surface area is 87.7 Å². The van der Waals surface area contributed by atoms with Crippen LogP contribution in [-0.4, -0.2) is 13.6 Å². The number of sulfone groups is 1. The average Bonchev–Trinajstić information content (AvgIpc) is 2.19. The molecular formula is C9H7NO2S2. The van der Waals surface area contributed by atoms with Crippen LogP contribution in [0.2, 0.25) is 0 Å². The Morgan fingerprint density at radius 2 is 1.93 bits per heavy atom. The highest BCUT2D eigenvalue weighted by Gasteiger charge is 2.07. The fourth-order valence-electron chi connectivity index (χ4n) is 0.859. The number of nitrogens with zero attached hydrogens (tertiary/aromatic N) is 1. The highest BCUT2D eigenvalue weighted by atomic mass is 32.2. The average molecular weight is 225 g/mol. The smallest absolute Gasteiger partial charge is 0.199 e. The summed E-state index contributed by atoms with van der Waals surface area (Å²) >= 11 is 4.41. The van der Waals surface area contributed by atoms with Gasteiger partial charge in [-0.25, -0.2) is 8.42 Å². The minimum Gasteiger partial charge on any atom is -0.219 e. The summed E-state index contributed by atoms with van der Waals surface area (Å²) in [5, 5.41) is 3.10. The summed E-state index contributed by atoms with van der Waals surface area (Å²) < 4.78 is 22.6. The molecule has 3 nitrogen and oxygen atoms in total. The first-order valence-electron chi connectivity index (χ1n) is 3.65. The summed E-state index contributed by atoms with van der Waals surface area (Å²) in [4.78, 5) is 3.89. The van der Waals surface area contributed by atoms with Gasteiger partial charge in [0.1, 0.15) is 0 Å². The van der Waals surface area contributed by atoms with Gasteiger partial charge in [0.25, 0.3) is 0 Å². The predicted molar refractivity (Wildman–Crippen MR) is 58.5 cm³/mol. The second-order valence-electron chi connectivity index (χ2n) is 2.41. The molecule has 1 aromatic carbocycles. The van der Waals surface area contributed by atoms with E-state index in [0.29, 0.717) is 5.69 Å². The van der Waals surface area contributed by atoms with Crippen molar-refractivity contribution in [3.8, 4) is 0 Å². The largest absolute Gasteiger partial charge is 0.219 e. The minimum absolute atomic E-state index is 0.191. The Morgan fingerprint density at radius 3 is 2.36 bits per heavy atom. The third-order valence-electron chi connectivity index (χ3n) is 1.56. The summed E-state index contributed by atoms with van der Waals surface area (Å²) in [7, 11) is -3.35. The molecule has 0 aliphatic carbocycles. The van der Waals surface area contributed by atoms with E-state index in [-0.39, 0.29) is 4.90 Å². The zero-order valence-corrected chi connectivity index (χ0v) is 8.81. The number of hydrogen-bond donors (Lipinski definition) is 0. The molecule has 0 aromatic heterocycles. The van der Waals surface area contributed by atoms with Crippen LogP contribution in [0, 0.1) is 0 Å². The topological polar surface area (TPSA) is 46.5 Å². The highest BCUT2D eigenvalue weighted by Crippen LogP contribution is 2.17. The summed E-state index contributed by atoms with van der Waals surface area (Å²) in [5.74, 6) is 0. The molecule has 0 radical (unpaired) electrons. The van der Waals surface area contributed by atoms with Gasteiger partial charge in [-0.15, -0.1) is 0 Å². The molecule has 0 unspecified atom stereocenters. The van der Waals surface area contributed by atoms with Crippen molar-refractivity contribution in [3.63, 3.8) is 0 Å². The van der Waals surface area contributed by atoms with Gasteiger partial charge in [0.05, 0.1) is 15.7 Å². The Balaban J connectivity index is 3.18. The molecule has 0 heterocycles. The van der Waals surface area contributed by atoms with Gasteiger partial charge in [-0.05, 0) is 36.5 Å². The lowest BCUT2D eigenvalue weighted by atomic mass is 10.3. The lowest BCUT2D eigenvalue weighted by molar-refractivity contribution is 0.605. The second kappa shape index (κ2) is 4.28. The van der Waals surface area contributed by atoms with E-state index in [1.165, 1.54) is 12.1 Å². The molecule has 0 N–H and O–H groups in total. The van der Waals surface area contributed by atoms with Crippen molar-refractivity contribution in [2.24, 2.45) is 4.99 Å². The van der Waals surface area contributed by atoms with Crippen molar-refractivity contribution in [2.75, 3.05) is 0 Å². The maximum absolute atomic E-state index is 11.3. The third-order valence-corrected chi connectivity index (χ3v) is 3.02. The molecule has 0 fully saturated rings. The molecule has 1 rings (SSSR count). The van der Waals surface area contributed by atoms with Crippen LogP contribution in [0.15, 0.2) is 46.1 Å². The van der Waals surface area contributed by atoms with Crippen LogP contribution in [0.3, 0.4) is 0 Å². The molecular weight excluding hydrogens is 218 g/mol. The highest BCUT2D eigenvalue weighted by molar-refractivity contribution is 7.94. The van der Waals surface area contributed by atoms with E-state index in [2.05, 4.69) is 29.0 Å². The Bertz CT molecular complexity index is 482. The summed E-state index contributed by atoms with van der Waals surface area (Å²) in [6.45, 7) is 3.23. The Kier molecular flexibility index (Phi) is 3.30. The van der Waals surface area contributed by atoms with Crippen LogP contribution in [0.4, 0.5) is 5.69 Å². The van der Waals surface area contributed by atoms with Crippen molar-refractivity contribution in [3.05, 3.63) is 36.3 Å². The normalized spacial score (nSPS) is 10.3. The Morgan fingerprint density at radius 1 is 1.36 bits per heavy atom. The van der Waals surface area contributed by atoms with Crippen LogP contribution in [-0.2, 0) is 9.84 Å². The van der Waals surface area contributed by atoms with Gasteiger partial charge in [0.2, 0.25) is 0 Å². The van der Waals surface area contributed by atoms with Gasteiger partial charge in [0.15, 0.2) is 9.84 Å². The molecule has 0 bridgehead atoms. The van der Waals surface area contributed by atoms with Gasteiger partial charge in [-0.2, -0.15) is 4.99 Å². The van der Waals surface area contributed by atoms with E-state index in [1.54, 1.807) is 12.1 Å². The molecule has 72 valence electrons. The first-order valence-corrected chi connectivity index (χ1v) is 5.61. The lowest BCUT2D eigenvalue weighted by Crippen LogP contribution is -1.94. The number of thiocarbonyl (C=S) groups is 1. The first kappa shape index (κ1) is 10.8. The van der Waals surface area contributed by atoms with E-state index < -0.39 is 9.84 Å². The fourth-order valence-corrected chi connectivity index (χ4v) is 1.67. The number of hydrogen-bond acceptors (Lipinski definition) is 4. The van der Waals surface area contributed by atoms with Gasteiger partial charge in [-0.1, -0.05) is 6.58 Å². The van der Waals surface area contributed by atoms with Gasteiger partial charge >= 0.3 is 0 Å². The quantitative estimate of drug-likeness (QED) is 0.586. The molecule has 0 saturated heterocycles. The summed E-state index contributed by atoms with van der Waals surface area (Å²) in [6.07, 6.45) is 0. The van der Waals surface area contributed by atoms with E-state index >= 15 is 0 Å². The van der Waals surface area contributed by atoms with Crippen molar-refractivity contribution >= 4 is 32.9 Å². The summed E-state index contributed by atoms with van der Waals surface area (Å²) in [6, 6.07) is 6.00. The van der Waals surface area contributed by atoms with E-state index in [4.69, 9.17) is 0 Å². The zero-order valence-electron chi connectivity index (χ0n) is 7.17. The lowest BCUT2D eigenvalue weighted by Gasteiger charge is -1.97. The van der Waals surface area contributed by atoms with Gasteiger partial charge in [0, 0.05) is 5.41 Å². The minimum atomic E-state index is -3.35. The van der Waals surface area contributed by atoms with Crippen molar-refractivity contribution in [1.29, 1.82) is 0 Å². The van der Waals surface area contributed by atoms with Crippen molar-refractivity contribution < 1.29 is 8.42 Å². The standard InChI is InChI=1S/C9H7NO2S2/c1-2-14(11,12)9-5-3-8(4-6-9)10-7-13/h2-6H,1H2. The molecule has 14 heavy (non-hydrogen) atoms. The first-order chi connectivity index (χ1) is 6.60. The number of aliphatic imine (C=N–C) groups is 1. The van der Waals surface area contributed by atoms with Crippen LogP contribution in [0.5, 0.6) is 0 Å². The third kappa shape index (κ3) is 2.35. The van der Waals surface area contributed by atoms with E-state index in [9.17, 15) is 8.42 Å². The molecule has 5 heteroatoms. The van der Waals surface area contributed by atoms with Crippen molar-refractivity contribution in [2.45, 2.75) is 4.90 Å². The number of isothiocyanates is 1. The zero-order chi connectivity index (χ0) is 10.6. The maximum atomic E-state index is 11.3. The molecule has 0 aliphatic rings. The molecule has 1 aromatic rings. The second-order valence-corrected chi connectivity index (χ2v) is 4.49. The molecule has 0 aliphatic heterocycles. The summed E-state index contributed by atoms with van der Waals surface area (Å²) in [5.41, 5.74) is 0.572. The fraction of sp³-hybridized carbons (Fsp3) is 0. The molecule has 0 spiro atoms.